The van der Waals surface area contributed by atoms with Gasteiger partial charge in [0.25, 0.3) is 0 Å². The van der Waals surface area contributed by atoms with Gasteiger partial charge in [0.1, 0.15) is 11.6 Å². The largest absolute Gasteiger partial charge is 0.508 e. The van der Waals surface area contributed by atoms with Crippen LogP contribution >= 0.6 is 0 Å². The van der Waals surface area contributed by atoms with Crippen molar-refractivity contribution >= 4 is 0 Å². The molecule has 0 aromatic heterocycles. The van der Waals surface area contributed by atoms with E-state index in [2.05, 4.69) is 5.32 Å². The number of halogens is 1. The zero-order valence-corrected chi connectivity index (χ0v) is 9.08. The van der Waals surface area contributed by atoms with Gasteiger partial charge in [-0.3, -0.25) is 0 Å². The summed E-state index contributed by atoms with van der Waals surface area (Å²) in [6.07, 6.45) is 2.11. The van der Waals surface area contributed by atoms with E-state index < -0.39 is 0 Å². The van der Waals surface area contributed by atoms with Crippen molar-refractivity contribution in [1.29, 1.82) is 0 Å². The summed E-state index contributed by atoms with van der Waals surface area (Å²) in [5, 5.41) is 12.8. The van der Waals surface area contributed by atoms with E-state index >= 15 is 0 Å². The molecule has 1 aromatic rings. The number of benzene rings is 1. The van der Waals surface area contributed by atoms with Crippen molar-refractivity contribution < 1.29 is 14.2 Å². The Hall–Kier alpha value is -1.13. The van der Waals surface area contributed by atoms with Gasteiger partial charge in [0.15, 0.2) is 0 Å². The zero-order chi connectivity index (χ0) is 11.4. The zero-order valence-electron chi connectivity index (χ0n) is 9.08. The van der Waals surface area contributed by atoms with Crippen LogP contribution in [0.1, 0.15) is 18.4 Å². The van der Waals surface area contributed by atoms with Crippen molar-refractivity contribution in [3.8, 4) is 5.75 Å². The Morgan fingerprint density at radius 2 is 2.38 bits per heavy atom. The Kier molecular flexibility index (Phi) is 3.74. The van der Waals surface area contributed by atoms with Gasteiger partial charge in [0.2, 0.25) is 0 Å². The third-order valence-electron chi connectivity index (χ3n) is 2.78. The minimum atomic E-state index is -0.325. The van der Waals surface area contributed by atoms with E-state index in [1.54, 1.807) is 0 Å². The molecule has 16 heavy (non-hydrogen) atoms. The average Bonchev–Trinajstić information content (AvgIpc) is 2.32. The Bertz CT molecular complexity index is 351. The molecule has 88 valence electrons. The Labute approximate surface area is 94.2 Å². The minimum absolute atomic E-state index is 0.130. The van der Waals surface area contributed by atoms with Gasteiger partial charge in [-0.15, -0.1) is 0 Å². The molecule has 1 fully saturated rings. The van der Waals surface area contributed by atoms with Crippen molar-refractivity contribution in [2.24, 2.45) is 0 Å². The Morgan fingerprint density at radius 1 is 1.50 bits per heavy atom. The van der Waals surface area contributed by atoms with Crippen LogP contribution in [0.25, 0.3) is 0 Å². The summed E-state index contributed by atoms with van der Waals surface area (Å²) in [4.78, 5) is 0. The monoisotopic (exact) mass is 225 g/mol. The van der Waals surface area contributed by atoms with Gasteiger partial charge in [-0.25, -0.2) is 4.39 Å². The molecule has 2 rings (SSSR count). The molecular formula is C12H16FNO2. The van der Waals surface area contributed by atoms with Crippen LogP contribution < -0.4 is 5.32 Å². The molecule has 1 saturated heterocycles. The molecule has 1 atom stereocenters. The molecule has 0 bridgehead atoms. The summed E-state index contributed by atoms with van der Waals surface area (Å²) in [6.45, 7) is 1.98. The van der Waals surface area contributed by atoms with Gasteiger partial charge in [0.05, 0.1) is 6.61 Å². The SMILES string of the molecule is Oc1ccc(F)cc1CNC1CCCOC1. The molecule has 2 N–H and O–H groups in total. The number of aromatic hydroxyl groups is 1. The second-order valence-electron chi connectivity index (χ2n) is 4.07. The Balaban J connectivity index is 1.90. The molecule has 0 saturated carbocycles. The summed E-state index contributed by atoms with van der Waals surface area (Å²) in [6, 6.07) is 4.29. The topological polar surface area (TPSA) is 41.5 Å². The van der Waals surface area contributed by atoms with E-state index in [9.17, 15) is 9.50 Å². The normalized spacial score (nSPS) is 20.9. The van der Waals surface area contributed by atoms with Crippen molar-refractivity contribution in [3.05, 3.63) is 29.6 Å². The highest BCUT2D eigenvalue weighted by Crippen LogP contribution is 2.18. The Morgan fingerprint density at radius 3 is 3.12 bits per heavy atom. The quantitative estimate of drug-likeness (QED) is 0.824. The molecule has 1 aliphatic heterocycles. The minimum Gasteiger partial charge on any atom is -0.508 e. The van der Waals surface area contributed by atoms with E-state index in [-0.39, 0.29) is 11.6 Å². The highest BCUT2D eigenvalue weighted by atomic mass is 19.1. The smallest absolute Gasteiger partial charge is 0.123 e. The van der Waals surface area contributed by atoms with Crippen LogP contribution in [-0.2, 0) is 11.3 Å². The summed E-state index contributed by atoms with van der Waals surface area (Å²) in [7, 11) is 0. The third-order valence-corrected chi connectivity index (χ3v) is 2.78. The standard InChI is InChI=1S/C12H16FNO2/c13-10-3-4-12(15)9(6-10)7-14-11-2-1-5-16-8-11/h3-4,6,11,14-15H,1-2,5,7-8H2. The first-order valence-corrected chi connectivity index (χ1v) is 5.54. The molecule has 1 aliphatic rings. The van der Waals surface area contributed by atoms with Crippen molar-refractivity contribution in [2.45, 2.75) is 25.4 Å². The second-order valence-corrected chi connectivity index (χ2v) is 4.07. The number of nitrogens with one attached hydrogen (secondary N) is 1. The second kappa shape index (κ2) is 5.27. The lowest BCUT2D eigenvalue weighted by molar-refractivity contribution is 0.0698. The highest BCUT2D eigenvalue weighted by molar-refractivity contribution is 5.32. The van der Waals surface area contributed by atoms with E-state index in [0.717, 1.165) is 19.4 Å². The van der Waals surface area contributed by atoms with Crippen molar-refractivity contribution in [3.63, 3.8) is 0 Å². The van der Waals surface area contributed by atoms with Crippen LogP contribution in [0.15, 0.2) is 18.2 Å². The molecule has 4 heteroatoms. The average molecular weight is 225 g/mol. The molecule has 3 nitrogen and oxygen atoms in total. The molecule has 0 radical (unpaired) electrons. The fourth-order valence-electron chi connectivity index (χ4n) is 1.85. The summed E-state index contributed by atoms with van der Waals surface area (Å²) < 4.78 is 18.3. The van der Waals surface area contributed by atoms with Crippen LogP contribution in [0.2, 0.25) is 0 Å². The van der Waals surface area contributed by atoms with E-state index in [1.807, 2.05) is 0 Å². The van der Waals surface area contributed by atoms with E-state index in [4.69, 9.17) is 4.74 Å². The number of hydrogen-bond acceptors (Lipinski definition) is 3. The third kappa shape index (κ3) is 2.93. The van der Waals surface area contributed by atoms with Gasteiger partial charge in [-0.1, -0.05) is 0 Å². The molecule has 1 aromatic carbocycles. The van der Waals surface area contributed by atoms with Gasteiger partial charge >= 0.3 is 0 Å². The number of ether oxygens (including phenoxy) is 1. The fourth-order valence-corrected chi connectivity index (χ4v) is 1.85. The van der Waals surface area contributed by atoms with Crippen molar-refractivity contribution in [2.75, 3.05) is 13.2 Å². The lowest BCUT2D eigenvalue weighted by Crippen LogP contribution is -2.36. The molecular weight excluding hydrogens is 209 g/mol. The molecule has 0 amide bonds. The van der Waals surface area contributed by atoms with Crippen LogP contribution in [-0.4, -0.2) is 24.4 Å². The van der Waals surface area contributed by atoms with E-state index in [1.165, 1.54) is 18.2 Å². The lowest BCUT2D eigenvalue weighted by atomic mass is 10.1. The van der Waals surface area contributed by atoms with Gasteiger partial charge in [0, 0.05) is 24.8 Å². The number of rotatable bonds is 3. The first-order chi connectivity index (χ1) is 7.75. The summed E-state index contributed by atoms with van der Waals surface area (Å²) in [5.74, 6) is -0.194. The van der Waals surface area contributed by atoms with Crippen LogP contribution in [0.4, 0.5) is 4.39 Å². The fraction of sp³-hybridized carbons (Fsp3) is 0.500. The lowest BCUT2D eigenvalue weighted by Gasteiger charge is -2.23. The predicted octanol–water partition coefficient (Wildman–Crippen LogP) is 1.80. The van der Waals surface area contributed by atoms with Crippen molar-refractivity contribution in [1.82, 2.24) is 5.32 Å². The maximum Gasteiger partial charge on any atom is 0.123 e. The number of phenols is 1. The summed E-state index contributed by atoms with van der Waals surface area (Å²) in [5.41, 5.74) is 0.588. The van der Waals surface area contributed by atoms with Crippen LogP contribution in [0.3, 0.4) is 0 Å². The molecule has 1 unspecified atom stereocenters. The maximum absolute atomic E-state index is 12.9. The number of phenolic OH excluding ortho intramolecular Hbond substituents is 1. The van der Waals surface area contributed by atoms with E-state index in [0.29, 0.717) is 24.8 Å². The van der Waals surface area contributed by atoms with Crippen LogP contribution in [0.5, 0.6) is 5.75 Å². The molecule has 0 spiro atoms. The summed E-state index contributed by atoms with van der Waals surface area (Å²) >= 11 is 0. The predicted molar refractivity (Wildman–Crippen MR) is 58.7 cm³/mol. The first kappa shape index (κ1) is 11.4. The van der Waals surface area contributed by atoms with Gasteiger partial charge in [-0.2, -0.15) is 0 Å². The molecule has 1 heterocycles. The van der Waals surface area contributed by atoms with Gasteiger partial charge in [-0.05, 0) is 31.0 Å². The number of hydrogen-bond donors (Lipinski definition) is 2. The molecule has 0 aliphatic carbocycles. The maximum atomic E-state index is 12.9. The first-order valence-electron chi connectivity index (χ1n) is 5.54. The van der Waals surface area contributed by atoms with Crippen LogP contribution in [0, 0.1) is 5.82 Å². The van der Waals surface area contributed by atoms with Gasteiger partial charge < -0.3 is 15.2 Å². The highest BCUT2D eigenvalue weighted by Gasteiger charge is 2.13.